The third-order valence-corrected chi connectivity index (χ3v) is 3.99. The summed E-state index contributed by atoms with van der Waals surface area (Å²) in [4.78, 5) is 15.6. The molecule has 1 unspecified atom stereocenters. The van der Waals surface area contributed by atoms with E-state index in [9.17, 15) is 4.79 Å². The summed E-state index contributed by atoms with van der Waals surface area (Å²) in [5.74, 6) is 2.17. The maximum atomic E-state index is 11.3. The number of ketones is 1. The third kappa shape index (κ3) is 3.11. The predicted octanol–water partition coefficient (Wildman–Crippen LogP) is 3.09. The molecule has 0 fully saturated rings. The van der Waals surface area contributed by atoms with Gasteiger partial charge in [-0.15, -0.1) is 0 Å². The van der Waals surface area contributed by atoms with Crippen LogP contribution in [0.4, 0.5) is 0 Å². The SMILES string of the molecule is COc1ccc2c(c1)OCC(Cc1ccc(C(C)=O)cn1)C2. The lowest BCUT2D eigenvalue weighted by atomic mass is 9.92. The molecule has 2 aromatic rings. The highest BCUT2D eigenvalue weighted by Gasteiger charge is 2.21. The van der Waals surface area contributed by atoms with Gasteiger partial charge in [-0.05, 0) is 43.5 Å². The maximum absolute atomic E-state index is 11.3. The van der Waals surface area contributed by atoms with Gasteiger partial charge in [0.1, 0.15) is 11.5 Å². The van der Waals surface area contributed by atoms with Gasteiger partial charge in [0.2, 0.25) is 0 Å². The minimum absolute atomic E-state index is 0.0444. The van der Waals surface area contributed by atoms with Gasteiger partial charge in [-0.25, -0.2) is 0 Å². The molecule has 0 aliphatic carbocycles. The van der Waals surface area contributed by atoms with Crippen molar-refractivity contribution in [2.45, 2.75) is 19.8 Å². The lowest BCUT2D eigenvalue weighted by Gasteiger charge is -2.25. The molecule has 22 heavy (non-hydrogen) atoms. The van der Waals surface area contributed by atoms with Crippen molar-refractivity contribution in [3.8, 4) is 11.5 Å². The van der Waals surface area contributed by atoms with Gasteiger partial charge in [0.05, 0.1) is 13.7 Å². The Morgan fingerprint density at radius 3 is 2.91 bits per heavy atom. The lowest BCUT2D eigenvalue weighted by molar-refractivity contribution is 0.101. The summed E-state index contributed by atoms with van der Waals surface area (Å²) in [6.45, 7) is 2.23. The summed E-state index contributed by atoms with van der Waals surface area (Å²) in [6, 6.07) is 9.73. The van der Waals surface area contributed by atoms with Gasteiger partial charge < -0.3 is 9.47 Å². The quantitative estimate of drug-likeness (QED) is 0.814. The molecule has 3 rings (SSSR count). The highest BCUT2D eigenvalue weighted by Crippen LogP contribution is 2.31. The Hall–Kier alpha value is -2.36. The van der Waals surface area contributed by atoms with Crippen LogP contribution in [0.25, 0.3) is 0 Å². The van der Waals surface area contributed by atoms with E-state index in [-0.39, 0.29) is 5.78 Å². The number of methoxy groups -OCH3 is 1. The molecule has 0 bridgehead atoms. The second kappa shape index (κ2) is 6.18. The largest absolute Gasteiger partial charge is 0.497 e. The molecule has 1 aromatic carbocycles. The molecule has 2 heterocycles. The first-order valence-electron chi connectivity index (χ1n) is 7.41. The molecule has 0 radical (unpaired) electrons. The monoisotopic (exact) mass is 297 g/mol. The fourth-order valence-electron chi connectivity index (χ4n) is 2.72. The zero-order valence-corrected chi connectivity index (χ0v) is 12.8. The van der Waals surface area contributed by atoms with Crippen molar-refractivity contribution in [1.29, 1.82) is 0 Å². The van der Waals surface area contributed by atoms with E-state index < -0.39 is 0 Å². The molecule has 0 spiro atoms. The molecule has 0 amide bonds. The summed E-state index contributed by atoms with van der Waals surface area (Å²) in [5.41, 5.74) is 2.86. The normalized spacial score (nSPS) is 16.5. The van der Waals surface area contributed by atoms with Crippen LogP contribution in [0.3, 0.4) is 0 Å². The van der Waals surface area contributed by atoms with Gasteiger partial charge >= 0.3 is 0 Å². The van der Waals surface area contributed by atoms with E-state index >= 15 is 0 Å². The number of aromatic nitrogens is 1. The first-order chi connectivity index (χ1) is 10.7. The first-order valence-corrected chi connectivity index (χ1v) is 7.41. The average molecular weight is 297 g/mol. The average Bonchev–Trinajstić information content (AvgIpc) is 2.55. The Bertz CT molecular complexity index is 679. The van der Waals surface area contributed by atoms with Crippen LogP contribution in [-0.4, -0.2) is 24.5 Å². The number of pyridine rings is 1. The number of hydrogen-bond donors (Lipinski definition) is 0. The molecule has 1 aliphatic rings. The maximum Gasteiger partial charge on any atom is 0.161 e. The molecular weight excluding hydrogens is 278 g/mol. The number of ether oxygens (including phenoxy) is 2. The van der Waals surface area contributed by atoms with Gasteiger partial charge in [-0.1, -0.05) is 6.07 Å². The summed E-state index contributed by atoms with van der Waals surface area (Å²) in [5, 5.41) is 0. The van der Waals surface area contributed by atoms with Gasteiger partial charge in [0.25, 0.3) is 0 Å². The second-order valence-corrected chi connectivity index (χ2v) is 5.65. The number of nitrogens with zero attached hydrogens (tertiary/aromatic N) is 1. The minimum atomic E-state index is 0.0444. The molecule has 0 saturated carbocycles. The predicted molar refractivity (Wildman–Crippen MR) is 83.6 cm³/mol. The van der Waals surface area contributed by atoms with Crippen LogP contribution in [0.5, 0.6) is 11.5 Å². The number of fused-ring (bicyclic) bond motifs is 1. The van der Waals surface area contributed by atoms with Crippen LogP contribution in [0.15, 0.2) is 36.5 Å². The fourth-order valence-corrected chi connectivity index (χ4v) is 2.72. The Kier molecular flexibility index (Phi) is 4.09. The molecule has 4 nitrogen and oxygen atoms in total. The van der Waals surface area contributed by atoms with Gasteiger partial charge in [0.15, 0.2) is 5.78 Å². The van der Waals surface area contributed by atoms with Crippen molar-refractivity contribution in [3.05, 3.63) is 53.3 Å². The Labute approximate surface area is 130 Å². The smallest absolute Gasteiger partial charge is 0.161 e. The van der Waals surface area contributed by atoms with Gasteiger partial charge in [-0.3, -0.25) is 9.78 Å². The third-order valence-electron chi connectivity index (χ3n) is 3.99. The van der Waals surface area contributed by atoms with Gasteiger partial charge in [-0.2, -0.15) is 0 Å². The van der Waals surface area contributed by atoms with E-state index in [0.29, 0.717) is 18.1 Å². The van der Waals surface area contributed by atoms with Crippen molar-refractivity contribution in [3.63, 3.8) is 0 Å². The van der Waals surface area contributed by atoms with E-state index in [1.807, 2.05) is 24.3 Å². The van der Waals surface area contributed by atoms with E-state index in [2.05, 4.69) is 11.1 Å². The minimum Gasteiger partial charge on any atom is -0.497 e. The number of Topliss-reactive ketones (excluding diaryl/α,β-unsaturated/α-hetero) is 1. The summed E-state index contributed by atoms with van der Waals surface area (Å²) in [7, 11) is 1.66. The van der Waals surface area contributed by atoms with Crippen molar-refractivity contribution in [2.75, 3.05) is 13.7 Å². The van der Waals surface area contributed by atoms with Crippen LogP contribution >= 0.6 is 0 Å². The van der Waals surface area contributed by atoms with E-state index in [4.69, 9.17) is 9.47 Å². The molecule has 1 aromatic heterocycles. The summed E-state index contributed by atoms with van der Waals surface area (Å²) >= 11 is 0. The number of hydrogen-bond acceptors (Lipinski definition) is 4. The Morgan fingerprint density at radius 1 is 1.36 bits per heavy atom. The van der Waals surface area contributed by atoms with Gasteiger partial charge in [0, 0.05) is 29.4 Å². The van der Waals surface area contributed by atoms with Crippen LogP contribution in [-0.2, 0) is 12.8 Å². The first kappa shape index (κ1) is 14.6. The zero-order chi connectivity index (χ0) is 15.5. The lowest BCUT2D eigenvalue weighted by Crippen LogP contribution is -2.23. The zero-order valence-electron chi connectivity index (χ0n) is 12.8. The van der Waals surface area contributed by atoms with E-state index in [1.165, 1.54) is 5.56 Å². The van der Waals surface area contributed by atoms with Crippen molar-refractivity contribution in [2.24, 2.45) is 5.92 Å². The number of benzene rings is 1. The molecular formula is C18H19NO3. The highest BCUT2D eigenvalue weighted by atomic mass is 16.5. The molecule has 0 saturated heterocycles. The van der Waals surface area contributed by atoms with E-state index in [0.717, 1.165) is 30.0 Å². The summed E-state index contributed by atoms with van der Waals surface area (Å²) < 4.78 is 11.1. The van der Waals surface area contributed by atoms with Crippen molar-refractivity contribution >= 4 is 5.78 Å². The van der Waals surface area contributed by atoms with Crippen LogP contribution < -0.4 is 9.47 Å². The molecule has 114 valence electrons. The van der Waals surface area contributed by atoms with Crippen LogP contribution in [0, 0.1) is 5.92 Å². The molecule has 1 aliphatic heterocycles. The summed E-state index contributed by atoms with van der Waals surface area (Å²) in [6.07, 6.45) is 3.47. The second-order valence-electron chi connectivity index (χ2n) is 5.65. The fraction of sp³-hybridized carbons (Fsp3) is 0.333. The van der Waals surface area contributed by atoms with Crippen molar-refractivity contribution < 1.29 is 14.3 Å². The topological polar surface area (TPSA) is 48.4 Å². The number of carbonyl (C=O) groups is 1. The Morgan fingerprint density at radius 2 is 2.23 bits per heavy atom. The Balaban J connectivity index is 1.68. The number of carbonyl (C=O) groups excluding carboxylic acids is 1. The van der Waals surface area contributed by atoms with E-state index in [1.54, 1.807) is 20.2 Å². The van der Waals surface area contributed by atoms with Crippen LogP contribution in [0.1, 0.15) is 28.5 Å². The highest BCUT2D eigenvalue weighted by molar-refractivity contribution is 5.93. The molecule has 1 atom stereocenters. The van der Waals surface area contributed by atoms with Crippen molar-refractivity contribution in [1.82, 2.24) is 4.98 Å². The standard InChI is InChI=1S/C18H19NO3/c1-12(20)15-3-5-16(19-10-15)8-13-7-14-4-6-17(21-2)9-18(14)22-11-13/h3-6,9-10,13H,7-8,11H2,1-2H3. The van der Waals surface area contributed by atoms with Crippen LogP contribution in [0.2, 0.25) is 0 Å². The number of rotatable bonds is 4. The molecule has 4 heteroatoms. The molecule has 0 N–H and O–H groups in total.